The largest absolute Gasteiger partial charge is 0.354 e. The molecule has 2 aliphatic rings. The van der Waals surface area contributed by atoms with E-state index in [1.807, 2.05) is 36.4 Å². The molecule has 166 valence electrons. The van der Waals surface area contributed by atoms with Crippen LogP contribution in [0.2, 0.25) is 0 Å². The molecule has 3 heterocycles. The number of nitrogens with one attached hydrogen (secondary N) is 2. The number of anilines is 3. The average molecular weight is 450 g/mol. The third-order valence-corrected chi connectivity index (χ3v) is 6.70. The first-order chi connectivity index (χ1) is 15.6. The number of H-pyrrole nitrogens is 1. The monoisotopic (exact) mass is 449 g/mol. The third-order valence-electron chi connectivity index (χ3n) is 5.83. The number of hydrogen-bond acceptors (Lipinski definition) is 8. The minimum absolute atomic E-state index is 0.301. The third kappa shape index (κ3) is 5.28. The average Bonchev–Trinajstić information content (AvgIpc) is 3.53. The topological polar surface area (TPSA) is 90.0 Å². The van der Waals surface area contributed by atoms with Crippen LogP contribution < -0.4 is 10.2 Å². The molecule has 0 atom stereocenters. The number of rotatable bonds is 8. The highest BCUT2D eigenvalue weighted by Gasteiger charge is 2.29. The summed E-state index contributed by atoms with van der Waals surface area (Å²) in [5, 5.41) is 10.9. The van der Waals surface area contributed by atoms with E-state index in [1.165, 1.54) is 11.8 Å². The molecule has 0 unspecified atom stereocenters. The summed E-state index contributed by atoms with van der Waals surface area (Å²) in [6, 6.07) is 12.0. The Morgan fingerprint density at radius 2 is 1.91 bits per heavy atom. The molecular weight excluding hydrogens is 422 g/mol. The van der Waals surface area contributed by atoms with Gasteiger partial charge in [0.1, 0.15) is 23.2 Å². The van der Waals surface area contributed by atoms with Crippen LogP contribution in [-0.4, -0.2) is 64.1 Å². The predicted octanol–water partition coefficient (Wildman–Crippen LogP) is 3.37. The Hall–Kier alpha value is -2.91. The van der Waals surface area contributed by atoms with Crippen LogP contribution in [0.15, 0.2) is 52.6 Å². The summed E-state index contributed by atoms with van der Waals surface area (Å²) in [6.45, 7) is 3.89. The van der Waals surface area contributed by atoms with Gasteiger partial charge in [-0.1, -0.05) is 12.1 Å². The van der Waals surface area contributed by atoms with Gasteiger partial charge in [0.25, 0.3) is 0 Å². The van der Waals surface area contributed by atoms with Crippen LogP contribution >= 0.6 is 11.8 Å². The molecule has 2 fully saturated rings. The van der Waals surface area contributed by atoms with E-state index in [9.17, 15) is 4.79 Å². The van der Waals surface area contributed by atoms with Crippen molar-refractivity contribution in [2.75, 3.05) is 43.4 Å². The van der Waals surface area contributed by atoms with Crippen LogP contribution in [0.3, 0.4) is 0 Å². The van der Waals surface area contributed by atoms with E-state index in [-0.39, 0.29) is 0 Å². The smallest absolute Gasteiger partial charge is 0.196 e. The lowest BCUT2D eigenvalue weighted by Crippen LogP contribution is -2.44. The van der Waals surface area contributed by atoms with Gasteiger partial charge in [-0.05, 0) is 49.3 Å². The van der Waals surface area contributed by atoms with E-state index in [0.717, 1.165) is 66.9 Å². The lowest BCUT2D eigenvalue weighted by atomic mass is 10.1. The number of aromatic amines is 1. The normalized spacial score (nSPS) is 16.8. The fourth-order valence-electron chi connectivity index (χ4n) is 3.72. The summed E-state index contributed by atoms with van der Waals surface area (Å²) in [7, 11) is 2.14. The molecule has 0 spiro atoms. The lowest BCUT2D eigenvalue weighted by Gasteiger charge is -2.33. The zero-order valence-electron chi connectivity index (χ0n) is 18.1. The number of aromatic nitrogens is 4. The second-order valence-electron chi connectivity index (χ2n) is 8.44. The molecule has 0 bridgehead atoms. The first kappa shape index (κ1) is 21.0. The minimum atomic E-state index is 0.301. The molecule has 1 aliphatic carbocycles. The van der Waals surface area contributed by atoms with Crippen LogP contribution in [0, 0.1) is 5.92 Å². The van der Waals surface area contributed by atoms with Crippen LogP contribution in [-0.2, 0) is 11.2 Å². The Labute approximate surface area is 191 Å². The second kappa shape index (κ2) is 9.30. The zero-order chi connectivity index (χ0) is 21.9. The van der Waals surface area contributed by atoms with Crippen LogP contribution in [0.25, 0.3) is 0 Å². The molecule has 1 saturated carbocycles. The molecule has 9 heteroatoms. The molecule has 2 N–H and O–H groups in total. The number of nitrogens with zero attached hydrogens (tertiary/aromatic N) is 5. The summed E-state index contributed by atoms with van der Waals surface area (Å²) in [5.41, 5.74) is 1.07. The Morgan fingerprint density at radius 1 is 1.12 bits per heavy atom. The second-order valence-corrected chi connectivity index (χ2v) is 9.48. The molecular formula is C23H27N7OS. The maximum Gasteiger partial charge on any atom is 0.196 e. The van der Waals surface area contributed by atoms with Gasteiger partial charge in [0.05, 0.1) is 6.20 Å². The SMILES string of the molecule is CN1CCN(c2cc(Nc3ccn[nH]3)nc(Sc3ccc(CC(=O)C4CC4)cc3)n2)CC1. The van der Waals surface area contributed by atoms with Gasteiger partial charge in [0.2, 0.25) is 0 Å². The van der Waals surface area contributed by atoms with E-state index in [1.54, 1.807) is 6.20 Å². The van der Waals surface area contributed by atoms with Crippen LogP contribution in [0.5, 0.6) is 0 Å². The van der Waals surface area contributed by atoms with Gasteiger partial charge in [0, 0.05) is 55.5 Å². The number of ketones is 1. The van der Waals surface area contributed by atoms with Gasteiger partial charge in [-0.15, -0.1) is 0 Å². The number of Topliss-reactive ketones (excluding diaryl/α,β-unsaturated/α-hetero) is 1. The van der Waals surface area contributed by atoms with Gasteiger partial charge < -0.3 is 15.1 Å². The number of piperazine rings is 1. The Bertz CT molecular complexity index is 1060. The first-order valence-electron chi connectivity index (χ1n) is 11.0. The standard InChI is InChI=1S/C23H27N7OS/c1-29-10-12-30(13-11-29)22-15-21(25-20-8-9-24-28-20)26-23(27-22)32-18-6-2-16(3-7-18)14-19(31)17-4-5-17/h2-3,6-9,15,17H,4-5,10-14H2,1H3,(H2,24,25,26,27,28). The maximum absolute atomic E-state index is 12.1. The van der Waals surface area contributed by atoms with Crippen molar-refractivity contribution in [2.45, 2.75) is 29.3 Å². The van der Waals surface area contributed by atoms with Crippen molar-refractivity contribution in [3.63, 3.8) is 0 Å². The van der Waals surface area contributed by atoms with Crippen molar-refractivity contribution in [3.8, 4) is 0 Å². The number of carbonyl (C=O) groups excluding carboxylic acids is 1. The first-order valence-corrected chi connectivity index (χ1v) is 11.8. The van der Waals surface area contributed by atoms with E-state index in [2.05, 4.69) is 32.4 Å². The highest BCUT2D eigenvalue weighted by Crippen LogP contribution is 2.32. The quantitative estimate of drug-likeness (QED) is 0.506. The van der Waals surface area contributed by atoms with Crippen molar-refractivity contribution < 1.29 is 4.79 Å². The van der Waals surface area contributed by atoms with E-state index >= 15 is 0 Å². The maximum atomic E-state index is 12.1. The van der Waals surface area contributed by atoms with Crippen molar-refractivity contribution in [3.05, 3.63) is 48.2 Å². The molecule has 3 aromatic rings. The number of carbonyl (C=O) groups is 1. The van der Waals surface area contributed by atoms with Crippen LogP contribution in [0.1, 0.15) is 18.4 Å². The lowest BCUT2D eigenvalue weighted by molar-refractivity contribution is -0.119. The van der Waals surface area contributed by atoms with Crippen molar-refractivity contribution in [1.29, 1.82) is 0 Å². The van der Waals surface area contributed by atoms with Gasteiger partial charge in [-0.25, -0.2) is 9.97 Å². The highest BCUT2D eigenvalue weighted by molar-refractivity contribution is 7.99. The predicted molar refractivity (Wildman–Crippen MR) is 126 cm³/mol. The molecule has 1 aromatic carbocycles. The molecule has 1 aliphatic heterocycles. The van der Waals surface area contributed by atoms with Crippen molar-refractivity contribution in [2.24, 2.45) is 5.92 Å². The van der Waals surface area contributed by atoms with Crippen LogP contribution in [0.4, 0.5) is 17.5 Å². The molecule has 5 rings (SSSR count). The molecule has 0 radical (unpaired) electrons. The molecule has 32 heavy (non-hydrogen) atoms. The van der Waals surface area contributed by atoms with E-state index in [4.69, 9.17) is 9.97 Å². The van der Waals surface area contributed by atoms with Gasteiger partial charge in [-0.3, -0.25) is 9.89 Å². The summed E-state index contributed by atoms with van der Waals surface area (Å²) in [4.78, 5) is 27.3. The van der Waals surface area contributed by atoms with Gasteiger partial charge in [0.15, 0.2) is 5.16 Å². The molecule has 8 nitrogen and oxygen atoms in total. The molecule has 2 aromatic heterocycles. The summed E-state index contributed by atoms with van der Waals surface area (Å²) < 4.78 is 0. The van der Waals surface area contributed by atoms with Crippen molar-refractivity contribution in [1.82, 2.24) is 25.1 Å². The Balaban J connectivity index is 1.34. The zero-order valence-corrected chi connectivity index (χ0v) is 18.9. The van der Waals surface area contributed by atoms with E-state index in [0.29, 0.717) is 23.3 Å². The summed E-state index contributed by atoms with van der Waals surface area (Å²) in [6.07, 6.45) is 4.35. The molecule has 1 saturated heterocycles. The minimum Gasteiger partial charge on any atom is -0.354 e. The fourth-order valence-corrected chi connectivity index (χ4v) is 4.48. The number of likely N-dealkylation sites (N-methyl/N-ethyl adjacent to an activating group) is 1. The summed E-state index contributed by atoms with van der Waals surface area (Å²) >= 11 is 1.53. The van der Waals surface area contributed by atoms with E-state index < -0.39 is 0 Å². The van der Waals surface area contributed by atoms with Gasteiger partial charge in [-0.2, -0.15) is 5.10 Å². The van der Waals surface area contributed by atoms with Crippen molar-refractivity contribution >= 4 is 35.0 Å². The van der Waals surface area contributed by atoms with Gasteiger partial charge >= 0.3 is 0 Å². The fraction of sp³-hybridized carbons (Fsp3) is 0.391. The number of benzene rings is 1. The highest BCUT2D eigenvalue weighted by atomic mass is 32.2. The Morgan fingerprint density at radius 3 is 2.59 bits per heavy atom. The number of hydrogen-bond donors (Lipinski definition) is 2. The Kier molecular flexibility index (Phi) is 6.09. The molecule has 0 amide bonds. The summed E-state index contributed by atoms with van der Waals surface area (Å²) in [5.74, 6) is 3.10.